The molecule has 0 aromatic carbocycles. The van der Waals surface area contributed by atoms with Crippen molar-refractivity contribution in [3.63, 3.8) is 0 Å². The first-order chi connectivity index (χ1) is 7.54. The average molecular weight is 225 g/mol. The number of hydrogen-bond donors (Lipinski definition) is 4. The van der Waals surface area contributed by atoms with Crippen LogP contribution in [0.3, 0.4) is 0 Å². The zero-order valence-corrected chi connectivity index (χ0v) is 9.64. The van der Waals surface area contributed by atoms with Gasteiger partial charge in [0.1, 0.15) is 11.9 Å². The summed E-state index contributed by atoms with van der Waals surface area (Å²) in [6.07, 6.45) is -1.36. The van der Waals surface area contributed by atoms with Crippen LogP contribution in [0.15, 0.2) is 12.1 Å². The van der Waals surface area contributed by atoms with Gasteiger partial charge < -0.3 is 21.3 Å². The zero-order chi connectivity index (χ0) is 12.1. The summed E-state index contributed by atoms with van der Waals surface area (Å²) >= 11 is 0. The smallest absolute Gasteiger partial charge is 0.123 e. The summed E-state index contributed by atoms with van der Waals surface area (Å²) in [4.78, 5) is 4.01. The molecule has 0 saturated carbocycles. The van der Waals surface area contributed by atoms with Crippen molar-refractivity contribution >= 4 is 5.82 Å². The Hall–Kier alpha value is -1.17. The molecule has 5 N–H and O–H groups in total. The maximum atomic E-state index is 9.87. The number of aryl methyl sites for hydroxylation is 1. The monoisotopic (exact) mass is 225 g/mol. The van der Waals surface area contributed by atoms with Crippen molar-refractivity contribution in [2.24, 2.45) is 0 Å². The van der Waals surface area contributed by atoms with E-state index in [2.05, 4.69) is 10.3 Å². The minimum Gasteiger partial charge on any atom is -0.390 e. The van der Waals surface area contributed by atoms with E-state index in [4.69, 9.17) is 5.73 Å². The molecule has 1 rings (SSSR count). The molecule has 2 unspecified atom stereocenters. The first-order valence-corrected chi connectivity index (χ1v) is 5.29. The van der Waals surface area contributed by atoms with E-state index in [1.54, 1.807) is 19.2 Å². The van der Waals surface area contributed by atoms with Crippen LogP contribution >= 0.6 is 0 Å². The highest BCUT2D eigenvalue weighted by molar-refractivity contribution is 5.34. The molecule has 0 saturated heterocycles. The molecule has 0 spiro atoms. The number of nitrogens with one attached hydrogen (secondary N) is 1. The Labute approximate surface area is 95.3 Å². The third kappa shape index (κ3) is 3.44. The molecule has 90 valence electrons. The van der Waals surface area contributed by atoms with Crippen LogP contribution in [0.25, 0.3) is 0 Å². The van der Waals surface area contributed by atoms with Gasteiger partial charge in [-0.2, -0.15) is 0 Å². The number of nitrogens with zero attached hydrogens (tertiary/aromatic N) is 1. The quantitative estimate of drug-likeness (QED) is 0.565. The molecule has 5 nitrogen and oxygen atoms in total. The predicted molar refractivity (Wildman–Crippen MR) is 62.9 cm³/mol. The normalized spacial score (nSPS) is 14.8. The Bertz CT molecular complexity index is 324. The second-order valence-electron chi connectivity index (χ2n) is 3.90. The van der Waals surface area contributed by atoms with E-state index in [1.165, 1.54) is 0 Å². The lowest BCUT2D eigenvalue weighted by atomic mass is 10.1. The fourth-order valence-corrected chi connectivity index (χ4v) is 1.52. The number of rotatable bonds is 5. The minimum atomic E-state index is -0.990. The number of nitrogens with two attached hydrogens (primary N) is 1. The Morgan fingerprint density at radius 1 is 1.44 bits per heavy atom. The van der Waals surface area contributed by atoms with Crippen molar-refractivity contribution in [2.75, 3.05) is 19.3 Å². The van der Waals surface area contributed by atoms with Gasteiger partial charge in [0.2, 0.25) is 0 Å². The van der Waals surface area contributed by atoms with Crippen LogP contribution in [0.5, 0.6) is 0 Å². The summed E-state index contributed by atoms with van der Waals surface area (Å²) in [5.41, 5.74) is 6.92. The lowest BCUT2D eigenvalue weighted by Crippen LogP contribution is -2.24. The standard InChI is InChI=1S/C11H19N3O2/c1-7-5-8(14-10(12)6-7)11(16)9(15)3-4-13-2/h5-6,9,11,13,15-16H,3-4H2,1-2H3,(H2,12,14). The summed E-state index contributed by atoms with van der Waals surface area (Å²) in [7, 11) is 1.79. The van der Waals surface area contributed by atoms with Crippen LogP contribution in [0.2, 0.25) is 0 Å². The lowest BCUT2D eigenvalue weighted by molar-refractivity contribution is 0.0116. The van der Waals surface area contributed by atoms with Crippen LogP contribution in [0.1, 0.15) is 23.8 Å². The maximum absolute atomic E-state index is 9.87. The van der Waals surface area contributed by atoms with Gasteiger partial charge >= 0.3 is 0 Å². The second kappa shape index (κ2) is 5.79. The van der Waals surface area contributed by atoms with Crippen molar-refractivity contribution in [3.8, 4) is 0 Å². The molecule has 16 heavy (non-hydrogen) atoms. The summed E-state index contributed by atoms with van der Waals surface area (Å²) in [5, 5.41) is 22.5. The van der Waals surface area contributed by atoms with Crippen molar-refractivity contribution in [1.82, 2.24) is 10.3 Å². The Morgan fingerprint density at radius 3 is 2.69 bits per heavy atom. The van der Waals surface area contributed by atoms with E-state index in [0.29, 0.717) is 24.5 Å². The summed E-state index contributed by atoms with van der Waals surface area (Å²) < 4.78 is 0. The highest BCUT2D eigenvalue weighted by Gasteiger charge is 2.19. The third-order valence-electron chi connectivity index (χ3n) is 2.37. The molecule has 0 radical (unpaired) electrons. The van der Waals surface area contributed by atoms with E-state index in [-0.39, 0.29) is 0 Å². The number of pyridine rings is 1. The van der Waals surface area contributed by atoms with Gasteiger partial charge in [-0.25, -0.2) is 4.98 Å². The Balaban J connectivity index is 2.74. The van der Waals surface area contributed by atoms with Crippen LogP contribution in [-0.4, -0.2) is 34.9 Å². The van der Waals surface area contributed by atoms with Crippen LogP contribution in [0, 0.1) is 6.92 Å². The molecule has 0 aliphatic heterocycles. The molecule has 0 aliphatic rings. The van der Waals surface area contributed by atoms with Gasteiger partial charge in [0.15, 0.2) is 0 Å². The number of anilines is 1. The Kier molecular flexibility index (Phi) is 4.67. The molecule has 1 heterocycles. The predicted octanol–water partition coefficient (Wildman–Crippen LogP) is -0.0240. The van der Waals surface area contributed by atoms with Gasteiger partial charge in [-0.3, -0.25) is 0 Å². The molecule has 0 bridgehead atoms. The number of nitrogen functional groups attached to an aromatic ring is 1. The average Bonchev–Trinajstić information content (AvgIpc) is 2.23. The number of hydrogen-bond acceptors (Lipinski definition) is 5. The molecule has 1 aromatic heterocycles. The third-order valence-corrected chi connectivity index (χ3v) is 2.37. The summed E-state index contributed by atoms with van der Waals surface area (Å²) in [5.74, 6) is 0.356. The van der Waals surface area contributed by atoms with Crippen LogP contribution < -0.4 is 11.1 Å². The fraction of sp³-hybridized carbons (Fsp3) is 0.545. The highest BCUT2D eigenvalue weighted by Crippen LogP contribution is 2.19. The number of aliphatic hydroxyl groups is 2. The molecule has 0 amide bonds. The lowest BCUT2D eigenvalue weighted by Gasteiger charge is -2.17. The largest absolute Gasteiger partial charge is 0.390 e. The Morgan fingerprint density at radius 2 is 2.12 bits per heavy atom. The molecular formula is C11H19N3O2. The first-order valence-electron chi connectivity index (χ1n) is 5.29. The summed E-state index contributed by atoms with van der Waals surface area (Å²) in [6.45, 7) is 2.51. The van der Waals surface area contributed by atoms with Crippen molar-refractivity contribution in [3.05, 3.63) is 23.4 Å². The van der Waals surface area contributed by atoms with Crippen molar-refractivity contribution in [2.45, 2.75) is 25.6 Å². The van der Waals surface area contributed by atoms with Gasteiger partial charge in [-0.05, 0) is 44.6 Å². The molecule has 1 aromatic rings. The zero-order valence-electron chi connectivity index (χ0n) is 9.64. The van der Waals surface area contributed by atoms with E-state index in [9.17, 15) is 10.2 Å². The SMILES string of the molecule is CNCCC(O)C(O)c1cc(C)cc(N)n1. The highest BCUT2D eigenvalue weighted by atomic mass is 16.3. The molecule has 2 atom stereocenters. The molecular weight excluding hydrogens is 206 g/mol. The van der Waals surface area contributed by atoms with Gasteiger partial charge in [-0.15, -0.1) is 0 Å². The minimum absolute atomic E-state index is 0.356. The second-order valence-corrected chi connectivity index (χ2v) is 3.90. The van der Waals surface area contributed by atoms with Crippen molar-refractivity contribution in [1.29, 1.82) is 0 Å². The van der Waals surface area contributed by atoms with E-state index in [0.717, 1.165) is 5.56 Å². The van der Waals surface area contributed by atoms with Gasteiger partial charge in [0.25, 0.3) is 0 Å². The summed E-state index contributed by atoms with van der Waals surface area (Å²) in [6, 6.07) is 3.44. The molecule has 0 fully saturated rings. The molecule has 0 aliphatic carbocycles. The van der Waals surface area contributed by atoms with Gasteiger partial charge in [0, 0.05) is 0 Å². The number of aliphatic hydroxyl groups excluding tert-OH is 2. The van der Waals surface area contributed by atoms with Crippen LogP contribution in [0.4, 0.5) is 5.82 Å². The van der Waals surface area contributed by atoms with Gasteiger partial charge in [0.05, 0.1) is 11.8 Å². The van der Waals surface area contributed by atoms with E-state index < -0.39 is 12.2 Å². The maximum Gasteiger partial charge on any atom is 0.123 e. The van der Waals surface area contributed by atoms with Gasteiger partial charge in [-0.1, -0.05) is 0 Å². The first kappa shape index (κ1) is 12.9. The van der Waals surface area contributed by atoms with E-state index in [1.807, 2.05) is 6.92 Å². The molecule has 5 heteroatoms. The number of aromatic nitrogens is 1. The van der Waals surface area contributed by atoms with Crippen LogP contribution in [-0.2, 0) is 0 Å². The van der Waals surface area contributed by atoms with Crippen molar-refractivity contribution < 1.29 is 10.2 Å². The fourth-order valence-electron chi connectivity index (χ4n) is 1.52. The van der Waals surface area contributed by atoms with E-state index >= 15 is 0 Å². The topological polar surface area (TPSA) is 91.4 Å².